The van der Waals surface area contributed by atoms with E-state index in [2.05, 4.69) is 17.4 Å². The molecule has 1 aromatic heterocycles. The van der Waals surface area contributed by atoms with Gasteiger partial charge in [-0.25, -0.2) is 0 Å². The summed E-state index contributed by atoms with van der Waals surface area (Å²) in [5, 5.41) is 5.69. The van der Waals surface area contributed by atoms with E-state index in [1.165, 1.54) is 47.9 Å². The van der Waals surface area contributed by atoms with Gasteiger partial charge in [0.05, 0.1) is 5.52 Å². The van der Waals surface area contributed by atoms with Crippen molar-refractivity contribution in [1.82, 2.24) is 10.3 Å². The molecule has 1 heterocycles. The molecular formula is C16H17ClN2. The monoisotopic (exact) mass is 272 g/mol. The van der Waals surface area contributed by atoms with Crippen LogP contribution in [0.25, 0.3) is 10.9 Å². The maximum absolute atomic E-state index is 6.17. The Bertz CT molecular complexity index is 647. The van der Waals surface area contributed by atoms with Crippen molar-refractivity contribution in [2.24, 2.45) is 0 Å². The molecule has 2 aromatic rings. The molecule has 0 atom stereocenters. The SMILES string of the molecule is Clc1ccc2nc3c(c(CNC4CC4)c2c1)CCC3. The molecule has 1 fully saturated rings. The molecule has 19 heavy (non-hydrogen) atoms. The Morgan fingerprint density at radius 1 is 1.26 bits per heavy atom. The quantitative estimate of drug-likeness (QED) is 0.923. The van der Waals surface area contributed by atoms with E-state index < -0.39 is 0 Å². The highest BCUT2D eigenvalue weighted by Crippen LogP contribution is 2.32. The van der Waals surface area contributed by atoms with E-state index in [0.717, 1.165) is 29.5 Å². The molecule has 0 radical (unpaired) electrons. The molecule has 4 rings (SSSR count). The molecule has 3 heteroatoms. The Morgan fingerprint density at radius 3 is 3.00 bits per heavy atom. The first-order valence-corrected chi connectivity index (χ1v) is 7.52. The molecule has 2 aliphatic rings. The number of fused-ring (bicyclic) bond motifs is 2. The smallest absolute Gasteiger partial charge is 0.0709 e. The predicted molar refractivity (Wildman–Crippen MR) is 78.6 cm³/mol. The zero-order valence-electron chi connectivity index (χ0n) is 10.9. The van der Waals surface area contributed by atoms with E-state index in [0.29, 0.717) is 0 Å². The molecule has 0 amide bonds. The first-order valence-electron chi connectivity index (χ1n) is 7.14. The number of hydrogen-bond acceptors (Lipinski definition) is 2. The van der Waals surface area contributed by atoms with Crippen molar-refractivity contribution in [3.05, 3.63) is 40.0 Å². The number of benzene rings is 1. The highest BCUT2D eigenvalue weighted by Gasteiger charge is 2.23. The lowest BCUT2D eigenvalue weighted by atomic mass is 10.0. The van der Waals surface area contributed by atoms with Crippen LogP contribution in [0.4, 0.5) is 0 Å². The van der Waals surface area contributed by atoms with Crippen molar-refractivity contribution in [3.8, 4) is 0 Å². The summed E-state index contributed by atoms with van der Waals surface area (Å²) in [7, 11) is 0. The number of pyridine rings is 1. The summed E-state index contributed by atoms with van der Waals surface area (Å²) in [4.78, 5) is 4.81. The summed E-state index contributed by atoms with van der Waals surface area (Å²) in [6, 6.07) is 6.80. The topological polar surface area (TPSA) is 24.9 Å². The van der Waals surface area contributed by atoms with Crippen LogP contribution in [0.15, 0.2) is 18.2 Å². The molecular weight excluding hydrogens is 256 g/mol. The highest BCUT2D eigenvalue weighted by atomic mass is 35.5. The van der Waals surface area contributed by atoms with E-state index in [1.54, 1.807) is 0 Å². The Morgan fingerprint density at radius 2 is 2.16 bits per heavy atom. The van der Waals surface area contributed by atoms with Crippen molar-refractivity contribution in [3.63, 3.8) is 0 Å². The van der Waals surface area contributed by atoms with Gasteiger partial charge in [-0.05, 0) is 61.4 Å². The Balaban J connectivity index is 1.86. The van der Waals surface area contributed by atoms with Crippen LogP contribution in [0.2, 0.25) is 5.02 Å². The van der Waals surface area contributed by atoms with Crippen molar-refractivity contribution in [1.29, 1.82) is 0 Å². The molecule has 0 unspecified atom stereocenters. The van der Waals surface area contributed by atoms with E-state index in [-0.39, 0.29) is 0 Å². The number of nitrogens with zero attached hydrogens (tertiary/aromatic N) is 1. The van der Waals surface area contributed by atoms with E-state index in [4.69, 9.17) is 16.6 Å². The van der Waals surface area contributed by atoms with Gasteiger partial charge >= 0.3 is 0 Å². The van der Waals surface area contributed by atoms with Gasteiger partial charge in [0.2, 0.25) is 0 Å². The molecule has 2 nitrogen and oxygen atoms in total. The molecule has 0 spiro atoms. The lowest BCUT2D eigenvalue weighted by Crippen LogP contribution is -2.17. The zero-order chi connectivity index (χ0) is 12.8. The first-order chi connectivity index (χ1) is 9.31. The Labute approximate surface area is 118 Å². The van der Waals surface area contributed by atoms with Gasteiger partial charge in [0.15, 0.2) is 0 Å². The average Bonchev–Trinajstić information content (AvgIpc) is 3.12. The number of nitrogens with one attached hydrogen (secondary N) is 1. The summed E-state index contributed by atoms with van der Waals surface area (Å²) in [6.45, 7) is 0.965. The van der Waals surface area contributed by atoms with Crippen LogP contribution < -0.4 is 5.32 Å². The molecule has 2 aliphatic carbocycles. The van der Waals surface area contributed by atoms with Gasteiger partial charge in [-0.2, -0.15) is 0 Å². The van der Waals surface area contributed by atoms with E-state index in [9.17, 15) is 0 Å². The average molecular weight is 273 g/mol. The maximum Gasteiger partial charge on any atom is 0.0709 e. The van der Waals surface area contributed by atoms with Crippen LogP contribution in [-0.4, -0.2) is 11.0 Å². The fraction of sp³-hybridized carbons (Fsp3) is 0.438. The summed E-state index contributed by atoms with van der Waals surface area (Å²) in [5.74, 6) is 0. The van der Waals surface area contributed by atoms with Crippen LogP contribution >= 0.6 is 11.6 Å². The second kappa shape index (κ2) is 4.46. The second-order valence-corrected chi connectivity index (χ2v) is 6.12. The number of rotatable bonds is 3. The minimum Gasteiger partial charge on any atom is -0.310 e. The van der Waals surface area contributed by atoms with Crippen LogP contribution in [0.1, 0.15) is 36.1 Å². The largest absolute Gasteiger partial charge is 0.310 e. The van der Waals surface area contributed by atoms with Crippen molar-refractivity contribution in [2.75, 3.05) is 0 Å². The van der Waals surface area contributed by atoms with Crippen molar-refractivity contribution in [2.45, 2.75) is 44.7 Å². The summed E-state index contributed by atoms with van der Waals surface area (Å²) in [6.07, 6.45) is 6.19. The van der Waals surface area contributed by atoms with Crippen LogP contribution in [0.3, 0.4) is 0 Å². The lowest BCUT2D eigenvalue weighted by molar-refractivity contribution is 0.686. The summed E-state index contributed by atoms with van der Waals surface area (Å²) in [5.41, 5.74) is 5.31. The Kier molecular flexibility index (Phi) is 2.75. The third-order valence-corrected chi connectivity index (χ3v) is 4.47. The van der Waals surface area contributed by atoms with Gasteiger partial charge in [-0.1, -0.05) is 11.6 Å². The highest BCUT2D eigenvalue weighted by molar-refractivity contribution is 6.31. The summed E-state index contributed by atoms with van der Waals surface area (Å²) >= 11 is 6.17. The van der Waals surface area contributed by atoms with Gasteiger partial charge in [0, 0.05) is 28.7 Å². The number of aromatic nitrogens is 1. The molecule has 1 N–H and O–H groups in total. The minimum absolute atomic E-state index is 0.736. The maximum atomic E-state index is 6.17. The molecule has 0 aliphatic heterocycles. The predicted octanol–water partition coefficient (Wildman–Crippen LogP) is 3.63. The van der Waals surface area contributed by atoms with Crippen molar-refractivity contribution < 1.29 is 0 Å². The number of hydrogen-bond donors (Lipinski definition) is 1. The molecule has 98 valence electrons. The van der Waals surface area contributed by atoms with Gasteiger partial charge in [-0.15, -0.1) is 0 Å². The number of halogens is 1. The van der Waals surface area contributed by atoms with Crippen LogP contribution in [-0.2, 0) is 19.4 Å². The third-order valence-electron chi connectivity index (χ3n) is 4.24. The van der Waals surface area contributed by atoms with Crippen LogP contribution in [0.5, 0.6) is 0 Å². The first kappa shape index (κ1) is 11.7. The molecule has 1 aromatic carbocycles. The van der Waals surface area contributed by atoms with Gasteiger partial charge in [0.1, 0.15) is 0 Å². The van der Waals surface area contributed by atoms with Gasteiger partial charge in [0.25, 0.3) is 0 Å². The van der Waals surface area contributed by atoms with Gasteiger partial charge < -0.3 is 5.32 Å². The van der Waals surface area contributed by atoms with E-state index >= 15 is 0 Å². The van der Waals surface area contributed by atoms with Crippen molar-refractivity contribution >= 4 is 22.5 Å². The van der Waals surface area contributed by atoms with E-state index in [1.807, 2.05) is 6.07 Å². The third kappa shape index (κ3) is 2.13. The normalized spacial score (nSPS) is 17.9. The summed E-state index contributed by atoms with van der Waals surface area (Å²) < 4.78 is 0. The standard InChI is InChI=1S/C16H17ClN2/c17-10-4-7-16-13(8-10)14(9-18-11-5-6-11)12-2-1-3-15(12)19-16/h4,7-8,11,18H,1-3,5-6,9H2. The van der Waals surface area contributed by atoms with Gasteiger partial charge in [-0.3, -0.25) is 4.98 Å². The fourth-order valence-corrected chi connectivity index (χ4v) is 3.24. The number of aryl methyl sites for hydroxylation is 1. The molecule has 1 saturated carbocycles. The zero-order valence-corrected chi connectivity index (χ0v) is 11.6. The molecule has 0 saturated heterocycles. The minimum atomic E-state index is 0.736. The van der Waals surface area contributed by atoms with Crippen LogP contribution in [0, 0.1) is 0 Å². The second-order valence-electron chi connectivity index (χ2n) is 5.69. The fourth-order valence-electron chi connectivity index (χ4n) is 3.07. The Hall–Kier alpha value is -1.12. The lowest BCUT2D eigenvalue weighted by Gasteiger charge is -2.13. The molecule has 0 bridgehead atoms.